The first-order chi connectivity index (χ1) is 9.49. The van der Waals surface area contributed by atoms with Crippen LogP contribution in [0.1, 0.15) is 38.2 Å². The molecule has 1 aromatic carbocycles. The maximum atomic E-state index is 12.9. The molecule has 0 spiro atoms. The molecule has 110 valence electrons. The first-order valence-corrected chi connectivity index (χ1v) is 7.29. The van der Waals surface area contributed by atoms with Crippen LogP contribution in [0, 0.1) is 11.7 Å². The fourth-order valence-corrected chi connectivity index (χ4v) is 2.66. The second-order valence-electron chi connectivity index (χ2n) is 5.92. The average molecular weight is 278 g/mol. The fourth-order valence-electron chi connectivity index (χ4n) is 2.66. The van der Waals surface area contributed by atoms with Crippen molar-refractivity contribution < 1.29 is 9.18 Å². The maximum Gasteiger partial charge on any atom is 0.239 e. The lowest BCUT2D eigenvalue weighted by Crippen LogP contribution is -2.49. The zero-order valence-corrected chi connectivity index (χ0v) is 12.2. The van der Waals surface area contributed by atoms with E-state index in [4.69, 9.17) is 5.73 Å². The van der Waals surface area contributed by atoms with Gasteiger partial charge in [0.15, 0.2) is 0 Å². The van der Waals surface area contributed by atoms with Gasteiger partial charge in [0.2, 0.25) is 5.91 Å². The lowest BCUT2D eigenvalue weighted by Gasteiger charge is -2.34. The minimum atomic E-state index is -0.405. The second-order valence-corrected chi connectivity index (χ2v) is 5.92. The van der Waals surface area contributed by atoms with Crippen LogP contribution >= 0.6 is 0 Å². The first kappa shape index (κ1) is 15.0. The number of amides is 1. The van der Waals surface area contributed by atoms with Gasteiger partial charge in [0.1, 0.15) is 5.82 Å². The monoisotopic (exact) mass is 278 g/mol. The third-order valence-corrected chi connectivity index (χ3v) is 4.15. The summed E-state index contributed by atoms with van der Waals surface area (Å²) in [6, 6.07) is 6.29. The van der Waals surface area contributed by atoms with Crippen LogP contribution in [0.3, 0.4) is 0 Å². The lowest BCUT2D eigenvalue weighted by molar-refractivity contribution is -0.134. The van der Waals surface area contributed by atoms with Crippen LogP contribution in [0.2, 0.25) is 0 Å². The Morgan fingerprint density at radius 2 is 1.80 bits per heavy atom. The van der Waals surface area contributed by atoms with Crippen LogP contribution in [0.4, 0.5) is 4.39 Å². The first-order valence-electron chi connectivity index (χ1n) is 7.29. The Balaban J connectivity index is 1.92. The molecule has 1 atom stereocenters. The highest BCUT2D eigenvalue weighted by Crippen LogP contribution is 2.28. The van der Waals surface area contributed by atoms with Gasteiger partial charge in [0.05, 0.1) is 6.04 Å². The molecule has 1 amide bonds. The molecule has 3 nitrogen and oxygen atoms in total. The minimum Gasteiger partial charge on any atom is -0.341 e. The number of carbonyl (C=O) groups is 1. The Labute approximate surface area is 120 Å². The summed E-state index contributed by atoms with van der Waals surface area (Å²) in [7, 11) is 0. The maximum absolute atomic E-state index is 12.9. The van der Waals surface area contributed by atoms with Crippen molar-refractivity contribution in [1.82, 2.24) is 4.90 Å². The van der Waals surface area contributed by atoms with E-state index in [1.54, 1.807) is 0 Å². The summed E-state index contributed by atoms with van der Waals surface area (Å²) in [4.78, 5) is 14.0. The highest BCUT2D eigenvalue weighted by atomic mass is 19.1. The Morgan fingerprint density at radius 1 is 1.25 bits per heavy atom. The van der Waals surface area contributed by atoms with E-state index in [0.29, 0.717) is 5.92 Å². The molecule has 0 aliphatic carbocycles. The van der Waals surface area contributed by atoms with E-state index in [2.05, 4.69) is 0 Å². The van der Waals surface area contributed by atoms with Gasteiger partial charge in [0, 0.05) is 13.1 Å². The van der Waals surface area contributed by atoms with E-state index in [1.807, 2.05) is 30.9 Å². The highest BCUT2D eigenvalue weighted by molar-refractivity contribution is 5.82. The van der Waals surface area contributed by atoms with Crippen molar-refractivity contribution in [2.45, 2.75) is 38.6 Å². The summed E-state index contributed by atoms with van der Waals surface area (Å²) in [5.74, 6) is 0.425. The van der Waals surface area contributed by atoms with Crippen LogP contribution in [0.25, 0.3) is 0 Å². The molecular formula is C16H23FN2O. The molecule has 1 aliphatic rings. The molecule has 0 bridgehead atoms. The fraction of sp³-hybridized carbons (Fsp3) is 0.562. The number of likely N-dealkylation sites (tertiary alicyclic amines) is 1. The van der Waals surface area contributed by atoms with E-state index < -0.39 is 6.04 Å². The summed E-state index contributed by atoms with van der Waals surface area (Å²) in [6.45, 7) is 5.41. The summed E-state index contributed by atoms with van der Waals surface area (Å²) >= 11 is 0. The number of rotatable bonds is 3. The van der Waals surface area contributed by atoms with Crippen molar-refractivity contribution in [2.24, 2.45) is 11.7 Å². The molecule has 0 aromatic heterocycles. The van der Waals surface area contributed by atoms with Gasteiger partial charge in [-0.15, -0.1) is 0 Å². The molecule has 4 heteroatoms. The summed E-state index contributed by atoms with van der Waals surface area (Å²) in [5.41, 5.74) is 7.08. The number of benzene rings is 1. The predicted molar refractivity (Wildman–Crippen MR) is 77.8 cm³/mol. The van der Waals surface area contributed by atoms with E-state index >= 15 is 0 Å². The van der Waals surface area contributed by atoms with Gasteiger partial charge in [-0.2, -0.15) is 0 Å². The van der Waals surface area contributed by atoms with E-state index in [-0.39, 0.29) is 17.6 Å². The van der Waals surface area contributed by atoms with Crippen LogP contribution in [-0.4, -0.2) is 29.9 Å². The molecular weight excluding hydrogens is 255 g/mol. The summed E-state index contributed by atoms with van der Waals surface area (Å²) in [5, 5.41) is 0. The summed E-state index contributed by atoms with van der Waals surface area (Å²) < 4.78 is 12.9. The molecule has 1 aromatic rings. The van der Waals surface area contributed by atoms with Gasteiger partial charge >= 0.3 is 0 Å². The average Bonchev–Trinajstić information content (AvgIpc) is 2.46. The van der Waals surface area contributed by atoms with E-state index in [0.717, 1.165) is 31.5 Å². The largest absolute Gasteiger partial charge is 0.341 e. The Morgan fingerprint density at radius 3 is 2.30 bits per heavy atom. The SMILES string of the molecule is CC(C)C(N)C(=O)N1CCC(c2ccc(F)cc2)CC1. The van der Waals surface area contributed by atoms with Gasteiger partial charge in [-0.05, 0) is 42.4 Å². The van der Waals surface area contributed by atoms with Crippen LogP contribution < -0.4 is 5.73 Å². The number of hydrogen-bond donors (Lipinski definition) is 1. The summed E-state index contributed by atoms with van der Waals surface area (Å²) in [6.07, 6.45) is 1.84. The molecule has 1 saturated heterocycles. The third-order valence-electron chi connectivity index (χ3n) is 4.15. The molecule has 0 saturated carbocycles. The van der Waals surface area contributed by atoms with E-state index in [1.165, 1.54) is 12.1 Å². The zero-order valence-electron chi connectivity index (χ0n) is 12.2. The Bertz CT molecular complexity index is 450. The number of nitrogens with zero attached hydrogens (tertiary/aromatic N) is 1. The molecule has 1 unspecified atom stereocenters. The standard InChI is InChI=1S/C16H23FN2O/c1-11(2)15(18)16(20)19-9-7-13(8-10-19)12-3-5-14(17)6-4-12/h3-6,11,13,15H,7-10,18H2,1-2H3. The molecule has 1 fully saturated rings. The van der Waals surface area contributed by atoms with Gasteiger partial charge in [0.25, 0.3) is 0 Å². The number of piperidine rings is 1. The van der Waals surface area contributed by atoms with Crippen LogP contribution in [0.5, 0.6) is 0 Å². The lowest BCUT2D eigenvalue weighted by atomic mass is 9.89. The Hall–Kier alpha value is -1.42. The molecule has 1 heterocycles. The number of carbonyl (C=O) groups excluding carboxylic acids is 1. The third kappa shape index (κ3) is 3.37. The van der Waals surface area contributed by atoms with Crippen LogP contribution in [0.15, 0.2) is 24.3 Å². The van der Waals surface area contributed by atoms with Crippen LogP contribution in [-0.2, 0) is 4.79 Å². The van der Waals surface area contributed by atoms with Crippen molar-refractivity contribution in [1.29, 1.82) is 0 Å². The topological polar surface area (TPSA) is 46.3 Å². The second kappa shape index (κ2) is 6.35. The van der Waals surface area contributed by atoms with Crippen molar-refractivity contribution in [3.05, 3.63) is 35.6 Å². The molecule has 2 rings (SSSR count). The normalized spacial score (nSPS) is 18.4. The number of hydrogen-bond acceptors (Lipinski definition) is 2. The van der Waals surface area contributed by atoms with E-state index in [9.17, 15) is 9.18 Å². The van der Waals surface area contributed by atoms with Gasteiger partial charge < -0.3 is 10.6 Å². The van der Waals surface area contributed by atoms with Crippen molar-refractivity contribution in [3.63, 3.8) is 0 Å². The zero-order chi connectivity index (χ0) is 14.7. The minimum absolute atomic E-state index is 0.0533. The number of halogens is 1. The molecule has 2 N–H and O–H groups in total. The highest BCUT2D eigenvalue weighted by Gasteiger charge is 2.28. The molecule has 1 aliphatic heterocycles. The van der Waals surface area contributed by atoms with Gasteiger partial charge in [-0.25, -0.2) is 4.39 Å². The van der Waals surface area contributed by atoms with Crippen molar-refractivity contribution >= 4 is 5.91 Å². The van der Waals surface area contributed by atoms with Crippen molar-refractivity contribution in [3.8, 4) is 0 Å². The number of nitrogens with two attached hydrogens (primary N) is 1. The quantitative estimate of drug-likeness (QED) is 0.923. The molecule has 20 heavy (non-hydrogen) atoms. The predicted octanol–water partition coefficient (Wildman–Crippen LogP) is 2.52. The molecule has 0 radical (unpaired) electrons. The van der Waals surface area contributed by atoms with Gasteiger partial charge in [-0.1, -0.05) is 26.0 Å². The smallest absolute Gasteiger partial charge is 0.239 e. The van der Waals surface area contributed by atoms with Gasteiger partial charge in [-0.3, -0.25) is 4.79 Å². The van der Waals surface area contributed by atoms with Crippen molar-refractivity contribution in [2.75, 3.05) is 13.1 Å². The Kier molecular flexibility index (Phi) is 4.76.